The van der Waals surface area contributed by atoms with Crippen molar-refractivity contribution in [3.05, 3.63) is 12.0 Å². The van der Waals surface area contributed by atoms with Crippen LogP contribution in [0.1, 0.15) is 10.5 Å². The Kier molecular flexibility index (Phi) is 2.07. The number of aromatic amines is 1. The molecule has 1 aromatic rings. The fourth-order valence-corrected chi connectivity index (χ4v) is 1.78. The highest BCUT2D eigenvalue weighted by molar-refractivity contribution is 6.07. The van der Waals surface area contributed by atoms with E-state index in [0.29, 0.717) is 11.5 Å². The number of quaternary nitrogens is 1. The second kappa shape index (κ2) is 3.18. The summed E-state index contributed by atoms with van der Waals surface area (Å²) in [5.41, 5.74) is 0.319. The number of amides is 3. The zero-order chi connectivity index (χ0) is 11.9. The Morgan fingerprint density at radius 1 is 1.62 bits per heavy atom. The van der Waals surface area contributed by atoms with Crippen LogP contribution in [0.15, 0.2) is 6.33 Å². The summed E-state index contributed by atoms with van der Waals surface area (Å²) >= 11 is 0. The maximum absolute atomic E-state index is 12.1. The van der Waals surface area contributed by atoms with E-state index >= 15 is 0 Å². The average Bonchev–Trinajstić information content (AvgIpc) is 2.73. The summed E-state index contributed by atoms with van der Waals surface area (Å²) in [4.78, 5) is 32.1. The standard InChI is InChI=1S/C10H10N4O2/c1-4-5-14(3)9(15)7-8(12-6-11-7)13(2)10(14)16/h1,6H,5H2,2-3H3/p+1. The van der Waals surface area contributed by atoms with Gasteiger partial charge in [0, 0.05) is 7.05 Å². The molecular weight excluding hydrogens is 208 g/mol. The normalized spacial score (nSPS) is 24.2. The third kappa shape index (κ3) is 1.09. The minimum Gasteiger partial charge on any atom is -0.335 e. The SMILES string of the molecule is C#CC[N+]1(C)C(=O)c2[nH]cnc2N(C)C1=O. The summed E-state index contributed by atoms with van der Waals surface area (Å²) in [6.45, 7) is 0.0282. The number of imide groups is 1. The number of terminal acetylenes is 1. The van der Waals surface area contributed by atoms with E-state index in [2.05, 4.69) is 15.9 Å². The lowest BCUT2D eigenvalue weighted by molar-refractivity contribution is -0.735. The van der Waals surface area contributed by atoms with Crippen molar-refractivity contribution in [3.8, 4) is 12.3 Å². The van der Waals surface area contributed by atoms with Crippen LogP contribution >= 0.6 is 0 Å². The van der Waals surface area contributed by atoms with Crippen molar-refractivity contribution in [2.75, 3.05) is 25.5 Å². The van der Waals surface area contributed by atoms with Crippen molar-refractivity contribution >= 4 is 17.8 Å². The second-order valence-electron chi connectivity index (χ2n) is 3.80. The Labute approximate surface area is 92.5 Å². The van der Waals surface area contributed by atoms with Crippen LogP contribution < -0.4 is 4.90 Å². The Morgan fingerprint density at radius 2 is 2.31 bits per heavy atom. The van der Waals surface area contributed by atoms with E-state index in [0.717, 1.165) is 0 Å². The number of carbonyl (C=O) groups is 2. The quantitative estimate of drug-likeness (QED) is 0.542. The minimum atomic E-state index is -0.456. The van der Waals surface area contributed by atoms with Crippen LogP contribution in [0.5, 0.6) is 0 Å². The first-order valence-corrected chi connectivity index (χ1v) is 4.68. The van der Waals surface area contributed by atoms with Gasteiger partial charge in [-0.15, -0.1) is 6.42 Å². The Bertz CT molecular complexity index is 513. The number of nitrogens with zero attached hydrogens (tertiary/aromatic N) is 3. The molecule has 1 aliphatic rings. The zero-order valence-electron chi connectivity index (χ0n) is 9.02. The van der Waals surface area contributed by atoms with Gasteiger partial charge in [0.05, 0.1) is 13.4 Å². The van der Waals surface area contributed by atoms with Gasteiger partial charge in [-0.1, -0.05) is 0 Å². The summed E-state index contributed by atoms with van der Waals surface area (Å²) in [5, 5.41) is 0. The molecule has 1 N–H and O–H groups in total. The number of anilines is 1. The predicted octanol–water partition coefficient (Wildman–Crippen LogP) is 0.200. The molecule has 1 aliphatic heterocycles. The van der Waals surface area contributed by atoms with Crippen molar-refractivity contribution < 1.29 is 14.1 Å². The minimum absolute atomic E-state index is 0.0282. The lowest BCUT2D eigenvalue weighted by Crippen LogP contribution is -2.62. The number of H-pyrrole nitrogens is 1. The molecule has 0 saturated heterocycles. The molecule has 1 unspecified atom stereocenters. The van der Waals surface area contributed by atoms with Gasteiger partial charge < -0.3 is 4.98 Å². The lowest BCUT2D eigenvalue weighted by atomic mass is 10.2. The number of nitrogens with one attached hydrogen (secondary N) is 1. The number of rotatable bonds is 1. The van der Waals surface area contributed by atoms with Gasteiger partial charge in [0.1, 0.15) is 0 Å². The van der Waals surface area contributed by atoms with Gasteiger partial charge in [-0.25, -0.2) is 19.5 Å². The molecule has 0 fully saturated rings. The molecule has 0 bridgehead atoms. The number of imidazole rings is 1. The van der Waals surface area contributed by atoms with Gasteiger partial charge in [-0.05, 0) is 5.92 Å². The summed E-state index contributed by atoms with van der Waals surface area (Å²) in [5.74, 6) is 2.35. The maximum Gasteiger partial charge on any atom is 0.433 e. The highest BCUT2D eigenvalue weighted by atomic mass is 16.2. The highest BCUT2D eigenvalue weighted by Crippen LogP contribution is 2.27. The van der Waals surface area contributed by atoms with Gasteiger partial charge >= 0.3 is 11.9 Å². The molecule has 6 nitrogen and oxygen atoms in total. The van der Waals surface area contributed by atoms with E-state index in [1.165, 1.54) is 18.3 Å². The van der Waals surface area contributed by atoms with Crippen LogP contribution in [0.4, 0.5) is 10.6 Å². The Hall–Kier alpha value is -2.13. The van der Waals surface area contributed by atoms with E-state index in [1.54, 1.807) is 7.05 Å². The first kappa shape index (κ1) is 10.4. The molecule has 0 radical (unpaired) electrons. The Balaban J connectivity index is 2.60. The first-order chi connectivity index (χ1) is 7.52. The number of carbonyl (C=O) groups excluding carboxylic acids is 2. The molecule has 2 heterocycles. The van der Waals surface area contributed by atoms with Crippen LogP contribution in [0.25, 0.3) is 0 Å². The number of fused-ring (bicyclic) bond motifs is 1. The maximum atomic E-state index is 12.1. The van der Waals surface area contributed by atoms with Gasteiger partial charge in [0.15, 0.2) is 18.1 Å². The van der Waals surface area contributed by atoms with Crippen molar-refractivity contribution in [1.29, 1.82) is 0 Å². The topological polar surface area (TPSA) is 66.1 Å². The molecule has 1 atom stereocenters. The fourth-order valence-electron chi connectivity index (χ4n) is 1.78. The molecule has 3 amide bonds. The van der Waals surface area contributed by atoms with Gasteiger partial charge in [0.25, 0.3) is 0 Å². The average molecular weight is 219 g/mol. The number of urea groups is 1. The van der Waals surface area contributed by atoms with Crippen LogP contribution in [0.2, 0.25) is 0 Å². The van der Waals surface area contributed by atoms with Crippen LogP contribution in [-0.4, -0.2) is 47.0 Å². The summed E-state index contributed by atoms with van der Waals surface area (Å²) in [6.07, 6.45) is 6.58. The third-order valence-electron chi connectivity index (χ3n) is 2.72. The molecule has 2 rings (SSSR count). The van der Waals surface area contributed by atoms with Crippen molar-refractivity contribution in [1.82, 2.24) is 9.97 Å². The Morgan fingerprint density at radius 3 is 2.94 bits per heavy atom. The molecule has 6 heteroatoms. The first-order valence-electron chi connectivity index (χ1n) is 4.68. The largest absolute Gasteiger partial charge is 0.433 e. The van der Waals surface area contributed by atoms with E-state index in [-0.39, 0.29) is 18.5 Å². The van der Waals surface area contributed by atoms with E-state index in [4.69, 9.17) is 6.42 Å². The van der Waals surface area contributed by atoms with Gasteiger partial charge in [-0.2, -0.15) is 4.48 Å². The molecule has 1 aromatic heterocycles. The zero-order valence-corrected chi connectivity index (χ0v) is 9.02. The van der Waals surface area contributed by atoms with Gasteiger partial charge in [0.2, 0.25) is 0 Å². The summed E-state index contributed by atoms with van der Waals surface area (Å²) in [6, 6.07) is -0.373. The van der Waals surface area contributed by atoms with E-state index < -0.39 is 4.48 Å². The molecule has 0 aliphatic carbocycles. The molecule has 0 saturated carbocycles. The van der Waals surface area contributed by atoms with Gasteiger partial charge in [-0.3, -0.25) is 0 Å². The van der Waals surface area contributed by atoms with Crippen molar-refractivity contribution in [2.45, 2.75) is 0 Å². The number of aromatic nitrogens is 2. The van der Waals surface area contributed by atoms with Crippen molar-refractivity contribution in [3.63, 3.8) is 0 Å². The fraction of sp³-hybridized carbons (Fsp3) is 0.300. The van der Waals surface area contributed by atoms with Crippen molar-refractivity contribution in [2.24, 2.45) is 0 Å². The highest BCUT2D eigenvalue weighted by Gasteiger charge is 2.50. The number of hydrogen-bond acceptors (Lipinski definition) is 3. The molecular formula is C10H11N4O2+. The smallest absolute Gasteiger partial charge is 0.335 e. The van der Waals surface area contributed by atoms with Crippen LogP contribution in [-0.2, 0) is 0 Å². The summed E-state index contributed by atoms with van der Waals surface area (Å²) in [7, 11) is 3.08. The molecule has 16 heavy (non-hydrogen) atoms. The van der Waals surface area contributed by atoms with E-state index in [9.17, 15) is 9.59 Å². The molecule has 0 aromatic carbocycles. The summed E-state index contributed by atoms with van der Waals surface area (Å²) < 4.78 is -0.456. The van der Waals surface area contributed by atoms with E-state index in [1.807, 2.05) is 0 Å². The monoisotopic (exact) mass is 219 g/mol. The number of hydrogen-bond donors (Lipinski definition) is 1. The predicted molar refractivity (Wildman–Crippen MR) is 56.6 cm³/mol. The molecule has 0 spiro atoms. The lowest BCUT2D eigenvalue weighted by Gasteiger charge is -2.33. The van der Waals surface area contributed by atoms with Crippen LogP contribution in [0.3, 0.4) is 0 Å². The van der Waals surface area contributed by atoms with Crippen LogP contribution in [0, 0.1) is 12.3 Å². The second-order valence-corrected chi connectivity index (χ2v) is 3.80. The third-order valence-corrected chi connectivity index (χ3v) is 2.72. The molecule has 82 valence electrons.